The Morgan fingerprint density at radius 3 is 1.30 bits per heavy atom. The molecule has 0 saturated heterocycles. The van der Waals surface area contributed by atoms with E-state index in [2.05, 4.69) is 355 Å². The number of para-hydroxylation sites is 2. The molecule has 0 radical (unpaired) electrons. The minimum Gasteiger partial charge on any atom is -1.00 e. The number of ether oxygens (including phenoxy) is 4. The predicted octanol–water partition coefficient (Wildman–Crippen LogP) is 12.1. The number of carbonyl (C=O) groups excluding carboxylic acids is 5. The third-order valence-corrected chi connectivity index (χ3v) is 24.7. The third-order valence-electron chi connectivity index (χ3n) is 24.7. The number of carboxylic acids is 1. The fraction of sp³-hybridized carbons (Fsp3) is 0.205. The first-order valence-corrected chi connectivity index (χ1v) is 43.4. The number of nitrogens with zero attached hydrogens (tertiary/aromatic N) is 4. The van der Waals surface area contributed by atoms with Gasteiger partial charge in [-0.2, -0.15) is 13.7 Å². The lowest BCUT2D eigenvalue weighted by Gasteiger charge is -2.35. The van der Waals surface area contributed by atoms with Crippen molar-refractivity contribution in [2.24, 2.45) is 0 Å². The van der Waals surface area contributed by atoms with E-state index in [-0.39, 0.29) is 101 Å². The zero-order valence-electron chi connectivity index (χ0n) is 74.6. The van der Waals surface area contributed by atoms with Gasteiger partial charge in [0.15, 0.2) is 42.5 Å². The number of carboxylic acid groups (broad SMARTS) is 1. The highest BCUT2D eigenvalue weighted by Gasteiger charge is 2.54. The van der Waals surface area contributed by atoms with Crippen molar-refractivity contribution in [1.29, 1.82) is 0 Å². The van der Waals surface area contributed by atoms with Gasteiger partial charge in [-0.25, -0.2) is 0 Å². The fourth-order valence-corrected chi connectivity index (χ4v) is 19.3. The van der Waals surface area contributed by atoms with Crippen molar-refractivity contribution >= 4 is 120 Å². The van der Waals surface area contributed by atoms with E-state index in [1.807, 2.05) is 60.9 Å². The van der Waals surface area contributed by atoms with Crippen LogP contribution in [0.25, 0.3) is 43.1 Å². The van der Waals surface area contributed by atoms with Crippen LogP contribution in [-0.2, 0) is 95.1 Å². The maximum Gasteiger partial charge on any atom is 0.310 e. The van der Waals surface area contributed by atoms with Crippen LogP contribution < -0.4 is 82.1 Å². The molecule has 0 amide bonds. The largest absolute Gasteiger partial charge is 1.00 e. The number of anilines is 1. The number of hydrogen-bond donors (Lipinski definition) is 2. The van der Waals surface area contributed by atoms with Crippen molar-refractivity contribution in [3.8, 4) is 0 Å². The summed E-state index contributed by atoms with van der Waals surface area (Å²) in [6.45, 7) is 18.1. The lowest BCUT2D eigenvalue weighted by Crippen LogP contribution is -3.00. The van der Waals surface area contributed by atoms with E-state index < -0.39 is 23.3 Å². The van der Waals surface area contributed by atoms with E-state index >= 15 is 0 Å². The predicted molar refractivity (Wildman–Crippen MR) is 512 cm³/mol. The van der Waals surface area contributed by atoms with Gasteiger partial charge in [-0.15, -0.1) is 0 Å². The molecule has 0 spiro atoms. The first kappa shape index (κ1) is 98.9. The molecule has 0 saturated carbocycles. The second-order valence-corrected chi connectivity index (χ2v) is 33.3. The van der Waals surface area contributed by atoms with Crippen LogP contribution in [0.4, 0.5) is 22.7 Å². The van der Waals surface area contributed by atoms with Gasteiger partial charge in [0.1, 0.15) is 38.4 Å². The summed E-state index contributed by atoms with van der Waals surface area (Å²) in [6.07, 6.45) is 32.7. The number of allylic oxidation sites excluding steroid dienone is 14. The van der Waals surface area contributed by atoms with E-state index in [0.717, 1.165) is 59.6 Å². The molecule has 131 heavy (non-hydrogen) atoms. The summed E-state index contributed by atoms with van der Waals surface area (Å²) in [5.74, 6) is -1.94. The van der Waals surface area contributed by atoms with Crippen LogP contribution >= 0.6 is 0 Å². The van der Waals surface area contributed by atoms with Crippen LogP contribution in [0.1, 0.15) is 99.4 Å². The molecule has 12 aromatic carbocycles. The van der Waals surface area contributed by atoms with Gasteiger partial charge < -0.3 is 106 Å². The Hall–Kier alpha value is -12.7. The molecular formula is C112H107I3N5O11+. The van der Waals surface area contributed by atoms with Gasteiger partial charge in [-0.1, -0.05) is 273 Å². The highest BCUT2D eigenvalue weighted by atomic mass is 127. The molecule has 0 atom stereocenters. The van der Waals surface area contributed by atoms with Crippen molar-refractivity contribution in [3.63, 3.8) is 0 Å². The summed E-state index contributed by atoms with van der Waals surface area (Å²) in [5, 5.41) is 22.6. The number of nitrogens with one attached hydrogen (secondary N) is 1. The minimum atomic E-state index is -0.817. The van der Waals surface area contributed by atoms with E-state index in [9.17, 15) is 33.9 Å². The van der Waals surface area contributed by atoms with Gasteiger partial charge in [0, 0.05) is 96.6 Å². The lowest BCUT2D eigenvalue weighted by molar-refractivity contribution is -0.440. The molecular weight excluding hydrogens is 1970 g/mol. The van der Waals surface area contributed by atoms with Crippen molar-refractivity contribution in [2.45, 2.75) is 102 Å². The Kier molecular flexibility index (Phi) is 34.9. The van der Waals surface area contributed by atoms with Crippen molar-refractivity contribution in [2.75, 3.05) is 50.9 Å². The smallest absolute Gasteiger partial charge is 0.310 e. The van der Waals surface area contributed by atoms with E-state index in [1.54, 1.807) is 0 Å². The molecule has 2 N–H and O–H groups in total. The topological polar surface area (TPSA) is 184 Å². The second-order valence-electron chi connectivity index (χ2n) is 33.3. The number of carbonyl (C=O) groups is 6. The maximum atomic E-state index is 11.7. The maximum absolute atomic E-state index is 11.7. The molecule has 0 unspecified atom stereocenters. The van der Waals surface area contributed by atoms with Gasteiger partial charge in [-0.05, 0) is 132 Å². The molecule has 1 aliphatic carbocycles. The standard InChI is InChI=1S/C51H46N2O4.C34H30NO2.C23H23N2O2.C4H6O3.3HI/c1-50(2)43-26-16-17-27-44(43)52(31-30-47(55)56)45(50)28-10-5-11-29-46-51(34-37-18-6-3-7-19-37,35-38-20-8-4-9-21-38)48-41-24-14-12-22-39(41)40-23-13-15-25-42(40)49(48)53(46)32-33-57-36-54;1-25-34(22-26-12-4-2-5-13-26,23-27-14-6-3-7-15-27)32-30-18-10-8-16-28(30)29-17-9-11-19-31(29)33(32)35(25)20-21-37-24-36;1-23(2)20-12-6-7-13-21(20)25(16-17-27-18-26)22(23)14-8-9-15-24-19-10-4-3-5-11-19;1-3(5)7-4(2)6;;;/h3-29,36H,30-35H2,1-2H3;2-19,24H,20-23H2,1H3;3-4,6-15,18H,16-17H2,1-2H3;1-2H3;3*1H/q;2*+1;;;;/p-1. The van der Waals surface area contributed by atoms with Crippen LogP contribution in [0.2, 0.25) is 0 Å². The van der Waals surface area contributed by atoms with Gasteiger partial charge in [0.25, 0.3) is 19.4 Å². The Morgan fingerprint density at radius 1 is 0.443 bits per heavy atom. The molecule has 5 aliphatic rings. The number of halogens is 3. The van der Waals surface area contributed by atoms with Crippen molar-refractivity contribution < 1.29 is 138 Å². The quantitative estimate of drug-likeness (QED) is 0.00415. The summed E-state index contributed by atoms with van der Waals surface area (Å²) in [6, 6.07) is 94.7. The Bertz CT molecular complexity index is 6410. The van der Waals surface area contributed by atoms with E-state index in [4.69, 9.17) is 14.2 Å². The Labute approximate surface area is 818 Å². The number of fused-ring (bicyclic) bond motifs is 14. The third kappa shape index (κ3) is 22.2. The second kappa shape index (κ2) is 46.2. The van der Waals surface area contributed by atoms with E-state index in [1.165, 1.54) is 119 Å². The molecule has 16 nitrogen and oxygen atoms in total. The summed E-state index contributed by atoms with van der Waals surface area (Å²) in [7, 11) is 0. The lowest BCUT2D eigenvalue weighted by atomic mass is 9.68. The van der Waals surface area contributed by atoms with Crippen LogP contribution in [0.15, 0.2) is 357 Å². The van der Waals surface area contributed by atoms with Crippen molar-refractivity contribution in [3.05, 3.63) is 408 Å². The molecule has 4 aliphatic heterocycles. The summed E-state index contributed by atoms with van der Waals surface area (Å²) in [5.41, 5.74) is 19.3. The Balaban J connectivity index is 0.000000193. The highest BCUT2D eigenvalue weighted by molar-refractivity contribution is 6.19. The average molecular weight is 2080 g/mol. The van der Waals surface area contributed by atoms with Crippen LogP contribution in [0.3, 0.4) is 0 Å². The molecule has 12 aromatic rings. The number of rotatable bonds is 30. The average Bonchev–Trinajstić information content (AvgIpc) is 1.54. The molecule has 666 valence electrons. The highest BCUT2D eigenvalue weighted by Crippen LogP contribution is 2.58. The molecule has 0 fully saturated rings. The van der Waals surface area contributed by atoms with Gasteiger partial charge in [0.2, 0.25) is 17.1 Å². The number of esters is 2. The zero-order chi connectivity index (χ0) is 89.6. The van der Waals surface area contributed by atoms with Crippen LogP contribution in [-0.4, -0.2) is 119 Å². The summed E-state index contributed by atoms with van der Waals surface area (Å²) >= 11 is 0. The zero-order valence-corrected chi connectivity index (χ0v) is 81.1. The van der Waals surface area contributed by atoms with Crippen LogP contribution in [0, 0.1) is 6.08 Å². The number of hydrogen-bond acceptors (Lipinski definition) is 12. The Morgan fingerprint density at radius 2 is 0.840 bits per heavy atom. The molecule has 0 bridgehead atoms. The van der Waals surface area contributed by atoms with Gasteiger partial charge >= 0.3 is 17.9 Å². The van der Waals surface area contributed by atoms with Gasteiger partial charge in [-0.3, -0.25) is 28.8 Å². The monoisotopic (exact) mass is 2080 g/mol. The molecule has 17 rings (SSSR count). The molecule has 0 aromatic heterocycles. The molecule has 4 heterocycles. The minimum absolute atomic E-state index is 0. The van der Waals surface area contributed by atoms with Crippen molar-refractivity contribution in [1.82, 2.24) is 5.32 Å². The SMILES string of the molecule is CC(=O)OC(C)=O.CC1(C)C(/C=C/C=C/NC2=CC=C[C+]=C2)=[N+](CCOC=O)c2ccccc21.CC1(C)C(C=CC=CC=C2N(CCOC=O)c3c(c4ccccc4c4ccccc34)C2(Cc2ccccc2)Cc2ccccc2)=[N+](CCC(=O)O)c2ccccc21.CC1=[N+](CCOC=O)c2c(c3ccccc3c3ccccc23)C1(Cc1ccccc1)Cc1ccccc1.[I-].[I-].[I-]. The van der Waals surface area contributed by atoms with Gasteiger partial charge in [0.05, 0.1) is 39.9 Å². The molecule has 19 heteroatoms. The van der Waals surface area contributed by atoms with E-state index in [0.29, 0.717) is 58.8 Å². The normalized spacial score (nSPS) is 15.0. The number of aliphatic carboxylic acids is 1. The number of benzene rings is 12. The fourth-order valence-electron chi connectivity index (χ4n) is 19.3. The van der Waals surface area contributed by atoms with Crippen LogP contribution in [0.5, 0.6) is 0 Å². The first-order valence-electron chi connectivity index (χ1n) is 43.4. The summed E-state index contributed by atoms with van der Waals surface area (Å²) in [4.78, 5) is 66.8. The first-order chi connectivity index (χ1) is 62.3. The summed E-state index contributed by atoms with van der Waals surface area (Å²) < 4.78 is 26.4.